The van der Waals surface area contributed by atoms with Crippen LogP contribution in [-0.2, 0) is 17.5 Å². The molecule has 4 rings (SSSR count). The van der Waals surface area contributed by atoms with Gasteiger partial charge in [-0.1, -0.05) is 17.5 Å². The number of anilines is 1. The molecule has 0 bridgehead atoms. The van der Waals surface area contributed by atoms with Crippen molar-refractivity contribution in [3.63, 3.8) is 0 Å². The number of aromatic nitrogens is 4. The Labute approximate surface area is 227 Å². The summed E-state index contributed by atoms with van der Waals surface area (Å²) in [7, 11) is 0. The molecule has 2 amide bonds. The van der Waals surface area contributed by atoms with Crippen molar-refractivity contribution in [1.29, 1.82) is 0 Å². The molecule has 1 aliphatic heterocycles. The Kier molecular flexibility index (Phi) is 8.20. The first kappa shape index (κ1) is 28.0. The van der Waals surface area contributed by atoms with Crippen molar-refractivity contribution in [2.75, 3.05) is 18.8 Å². The number of rotatable bonds is 5. The third-order valence-corrected chi connectivity index (χ3v) is 6.97. The summed E-state index contributed by atoms with van der Waals surface area (Å²) >= 11 is 6.13. The summed E-state index contributed by atoms with van der Waals surface area (Å²) in [5.41, 5.74) is 12.1. The van der Waals surface area contributed by atoms with Gasteiger partial charge in [-0.2, -0.15) is 23.4 Å². The van der Waals surface area contributed by atoms with Gasteiger partial charge in [-0.25, -0.2) is 4.68 Å². The third kappa shape index (κ3) is 6.20. The molecule has 13 heteroatoms. The average Bonchev–Trinajstić information content (AvgIpc) is 3.44. The van der Waals surface area contributed by atoms with E-state index in [-0.39, 0.29) is 46.2 Å². The maximum Gasteiger partial charge on any atom is 0.416 e. The number of carbonyl (C=O) groups is 2. The van der Waals surface area contributed by atoms with Crippen molar-refractivity contribution in [1.82, 2.24) is 24.5 Å². The number of benzene rings is 1. The zero-order valence-electron chi connectivity index (χ0n) is 21.1. The molecule has 0 spiro atoms. The molecular formula is C26H27ClF3N7O2. The maximum atomic E-state index is 13.2. The van der Waals surface area contributed by atoms with Gasteiger partial charge in [-0.05, 0) is 62.3 Å². The van der Waals surface area contributed by atoms with Crippen LogP contribution in [0.25, 0.3) is 11.3 Å². The number of nitrogens with zero attached hydrogens (tertiary/aromatic N) is 5. The molecule has 3 aromatic rings. The van der Waals surface area contributed by atoms with Crippen LogP contribution in [0.1, 0.15) is 60.1 Å². The van der Waals surface area contributed by atoms with Gasteiger partial charge in [0.25, 0.3) is 11.8 Å². The molecular weight excluding hydrogens is 535 g/mol. The van der Waals surface area contributed by atoms with Gasteiger partial charge in [-0.3, -0.25) is 14.3 Å². The van der Waals surface area contributed by atoms with Gasteiger partial charge in [0.15, 0.2) is 0 Å². The highest BCUT2D eigenvalue weighted by Gasteiger charge is 2.31. The quantitative estimate of drug-likeness (QED) is 0.453. The normalized spacial score (nSPS) is 14.8. The Morgan fingerprint density at radius 1 is 1.21 bits per heavy atom. The van der Waals surface area contributed by atoms with Gasteiger partial charge in [0.1, 0.15) is 17.1 Å². The molecule has 1 saturated heterocycles. The first-order valence-corrected chi connectivity index (χ1v) is 12.6. The molecule has 2 aromatic heterocycles. The predicted octanol–water partition coefficient (Wildman–Crippen LogP) is 4.12. The number of nitrogen functional groups attached to an aromatic ring is 1. The molecule has 0 radical (unpaired) electrons. The number of halogens is 4. The molecule has 1 fully saturated rings. The van der Waals surface area contributed by atoms with E-state index in [1.807, 2.05) is 0 Å². The van der Waals surface area contributed by atoms with Gasteiger partial charge in [0.05, 0.1) is 24.3 Å². The molecule has 3 heterocycles. The Morgan fingerprint density at radius 3 is 2.51 bits per heavy atom. The van der Waals surface area contributed by atoms with E-state index in [4.69, 9.17) is 23.1 Å². The summed E-state index contributed by atoms with van der Waals surface area (Å²) in [6.45, 7) is 2.68. The van der Waals surface area contributed by atoms with E-state index in [1.54, 1.807) is 22.7 Å². The highest BCUT2D eigenvalue weighted by molar-refractivity contribution is 6.31. The average molecular weight is 562 g/mol. The lowest BCUT2D eigenvalue weighted by Crippen LogP contribution is -2.34. The lowest BCUT2D eigenvalue weighted by Gasteiger charge is -2.27. The number of hydrogen-bond donors (Lipinski definition) is 2. The maximum absolute atomic E-state index is 13.2. The fourth-order valence-electron chi connectivity index (χ4n) is 4.72. The largest absolute Gasteiger partial charge is 0.416 e. The lowest BCUT2D eigenvalue weighted by molar-refractivity contribution is -0.137. The Hall–Kier alpha value is -3.98. The predicted molar refractivity (Wildman–Crippen MR) is 139 cm³/mol. The topological polar surface area (TPSA) is 125 Å². The van der Waals surface area contributed by atoms with E-state index in [9.17, 15) is 22.8 Å². The molecule has 1 aromatic carbocycles. The minimum absolute atomic E-state index is 0.0366. The summed E-state index contributed by atoms with van der Waals surface area (Å²) < 4.78 is 42.5. The summed E-state index contributed by atoms with van der Waals surface area (Å²) in [4.78, 5) is 26.2. The van der Waals surface area contributed by atoms with Crippen LogP contribution < -0.4 is 11.5 Å². The van der Waals surface area contributed by atoms with Crippen LogP contribution in [0.4, 0.5) is 19.0 Å². The van der Waals surface area contributed by atoms with Crippen molar-refractivity contribution < 1.29 is 22.8 Å². The second-order valence-corrected chi connectivity index (χ2v) is 9.66. The summed E-state index contributed by atoms with van der Waals surface area (Å²) in [6.07, 6.45) is 1.20. The van der Waals surface area contributed by atoms with Gasteiger partial charge in [-0.15, -0.1) is 0 Å². The van der Waals surface area contributed by atoms with Crippen LogP contribution in [0.15, 0.2) is 30.6 Å². The SMILES string of the molecule is CC#CC(=O)N1CCCC(n2nc(-c3cnn(Cc4cc(C(F)(F)F)ccc4Cl)c3)c(C(N)=O)c2N)CCC1. The molecule has 4 N–H and O–H groups in total. The molecule has 0 unspecified atom stereocenters. The number of nitrogens with two attached hydrogens (primary N) is 2. The van der Waals surface area contributed by atoms with E-state index in [1.165, 1.54) is 16.9 Å². The molecule has 39 heavy (non-hydrogen) atoms. The minimum atomic E-state index is -4.51. The summed E-state index contributed by atoms with van der Waals surface area (Å²) in [6, 6.07) is 2.96. The number of amides is 2. The zero-order valence-corrected chi connectivity index (χ0v) is 21.9. The number of primary amides is 1. The van der Waals surface area contributed by atoms with Crippen LogP contribution in [0.2, 0.25) is 5.02 Å². The second-order valence-electron chi connectivity index (χ2n) is 9.25. The Bertz CT molecular complexity index is 1440. The van der Waals surface area contributed by atoms with Gasteiger partial charge in [0.2, 0.25) is 0 Å². The third-order valence-electron chi connectivity index (χ3n) is 6.60. The van der Waals surface area contributed by atoms with Crippen LogP contribution >= 0.6 is 11.6 Å². The number of hydrogen-bond acceptors (Lipinski definition) is 5. The monoisotopic (exact) mass is 561 g/mol. The number of alkyl halides is 3. The van der Waals surface area contributed by atoms with Gasteiger partial charge in [0, 0.05) is 29.9 Å². The van der Waals surface area contributed by atoms with Crippen molar-refractivity contribution in [2.24, 2.45) is 5.73 Å². The fourth-order valence-corrected chi connectivity index (χ4v) is 4.89. The molecule has 0 saturated carbocycles. The first-order valence-electron chi connectivity index (χ1n) is 12.3. The smallest absolute Gasteiger partial charge is 0.383 e. The van der Waals surface area contributed by atoms with E-state index >= 15 is 0 Å². The van der Waals surface area contributed by atoms with Crippen LogP contribution in [0.3, 0.4) is 0 Å². The summed E-state index contributed by atoms with van der Waals surface area (Å²) in [5.74, 6) is 4.37. The standard InChI is InChI=1S/C26H27ClF3N7O2/c1-2-5-21(38)35-10-3-6-19(7-4-11-35)37-24(31)22(25(32)39)23(34-37)17-13-33-36(15-17)14-16-12-18(26(28,29)30)8-9-20(16)27/h8-9,12-13,15,19H,3-4,6-7,10-11,14,31H2,1H3,(H2,32,39). The highest BCUT2D eigenvalue weighted by atomic mass is 35.5. The van der Waals surface area contributed by atoms with Crippen LogP contribution in [-0.4, -0.2) is 49.4 Å². The Morgan fingerprint density at radius 2 is 1.90 bits per heavy atom. The molecule has 0 atom stereocenters. The van der Waals surface area contributed by atoms with Crippen molar-refractivity contribution >= 4 is 29.2 Å². The van der Waals surface area contributed by atoms with E-state index in [0.717, 1.165) is 12.1 Å². The van der Waals surface area contributed by atoms with E-state index in [0.29, 0.717) is 44.3 Å². The number of likely N-dealkylation sites (tertiary alicyclic amines) is 1. The van der Waals surface area contributed by atoms with Crippen molar-refractivity contribution in [2.45, 2.75) is 51.4 Å². The van der Waals surface area contributed by atoms with Crippen LogP contribution in [0.5, 0.6) is 0 Å². The second kappa shape index (κ2) is 11.4. The zero-order chi connectivity index (χ0) is 28.3. The van der Waals surface area contributed by atoms with Gasteiger partial charge >= 0.3 is 6.18 Å². The first-order chi connectivity index (χ1) is 18.5. The number of carbonyl (C=O) groups excluding carboxylic acids is 2. The lowest BCUT2D eigenvalue weighted by atomic mass is 10.0. The molecule has 0 aliphatic carbocycles. The fraction of sp³-hybridized carbons (Fsp3) is 0.385. The van der Waals surface area contributed by atoms with Crippen molar-refractivity contribution in [3.8, 4) is 23.1 Å². The van der Waals surface area contributed by atoms with Crippen LogP contribution in [0, 0.1) is 11.8 Å². The van der Waals surface area contributed by atoms with Gasteiger partial charge < -0.3 is 16.4 Å². The van der Waals surface area contributed by atoms with E-state index in [2.05, 4.69) is 22.0 Å². The Balaban J connectivity index is 1.58. The minimum Gasteiger partial charge on any atom is -0.383 e. The molecule has 1 aliphatic rings. The summed E-state index contributed by atoms with van der Waals surface area (Å²) in [5, 5.41) is 9.02. The molecule has 206 valence electrons. The van der Waals surface area contributed by atoms with E-state index < -0.39 is 17.6 Å². The highest BCUT2D eigenvalue weighted by Crippen LogP contribution is 2.34. The van der Waals surface area contributed by atoms with Crippen molar-refractivity contribution in [3.05, 3.63) is 52.3 Å². The molecule has 9 nitrogen and oxygen atoms in total.